The molecule has 0 fully saturated rings. The fourth-order valence-corrected chi connectivity index (χ4v) is 4.09. The number of thiazole rings is 1. The summed E-state index contributed by atoms with van der Waals surface area (Å²) in [5.74, 6) is 0. The molecule has 1 aliphatic rings. The largest absolute Gasteiger partial charge is 0.355 e. The van der Waals surface area contributed by atoms with E-state index in [4.69, 9.17) is 0 Å². The number of rotatable bonds is 3. The van der Waals surface area contributed by atoms with Crippen LogP contribution in [-0.4, -0.2) is 9.91 Å². The molecule has 0 bridgehead atoms. The number of nitro groups is 1. The lowest BCUT2D eigenvalue weighted by molar-refractivity contribution is -0.384. The van der Waals surface area contributed by atoms with Gasteiger partial charge in [0.25, 0.3) is 5.69 Å². The zero-order chi connectivity index (χ0) is 15.8. The molecule has 1 aliphatic carbocycles. The Balaban J connectivity index is 1.65. The first-order valence-electron chi connectivity index (χ1n) is 7.60. The maximum atomic E-state index is 10.9. The molecule has 23 heavy (non-hydrogen) atoms. The lowest BCUT2D eigenvalue weighted by Gasteiger charge is -2.26. The Bertz CT molecular complexity index is 890. The van der Waals surface area contributed by atoms with Gasteiger partial charge in [-0.05, 0) is 36.5 Å². The van der Waals surface area contributed by atoms with Gasteiger partial charge >= 0.3 is 0 Å². The maximum absolute atomic E-state index is 10.9. The van der Waals surface area contributed by atoms with Crippen LogP contribution in [0, 0.1) is 10.1 Å². The van der Waals surface area contributed by atoms with Gasteiger partial charge in [0.2, 0.25) is 0 Å². The van der Waals surface area contributed by atoms with Crippen LogP contribution in [-0.2, 0) is 6.42 Å². The standard InChI is InChI=1S/C17H15N3O2S/c21-20(22)12-8-9-15-16(10-12)23-17(19-15)18-14-7-3-5-11-4-1-2-6-13(11)14/h1-2,4,6,8-10,14H,3,5,7H2,(H,18,19). The van der Waals surface area contributed by atoms with Gasteiger partial charge in [-0.2, -0.15) is 0 Å². The second kappa shape index (κ2) is 5.62. The van der Waals surface area contributed by atoms with Crippen LogP contribution < -0.4 is 5.32 Å². The molecule has 1 N–H and O–H groups in total. The fourth-order valence-electron chi connectivity index (χ4n) is 3.14. The van der Waals surface area contributed by atoms with Gasteiger partial charge in [-0.3, -0.25) is 10.1 Å². The molecule has 1 heterocycles. The Morgan fingerprint density at radius 3 is 3.00 bits per heavy atom. The number of hydrogen-bond donors (Lipinski definition) is 1. The van der Waals surface area contributed by atoms with E-state index in [1.165, 1.54) is 28.5 Å². The van der Waals surface area contributed by atoms with Gasteiger partial charge < -0.3 is 5.32 Å². The zero-order valence-corrected chi connectivity index (χ0v) is 13.2. The lowest BCUT2D eigenvalue weighted by atomic mass is 9.88. The van der Waals surface area contributed by atoms with E-state index >= 15 is 0 Å². The molecule has 6 heteroatoms. The summed E-state index contributed by atoms with van der Waals surface area (Å²) in [6, 6.07) is 13.6. The van der Waals surface area contributed by atoms with Crippen molar-refractivity contribution in [1.82, 2.24) is 4.98 Å². The van der Waals surface area contributed by atoms with Crippen molar-refractivity contribution in [2.45, 2.75) is 25.3 Å². The van der Waals surface area contributed by atoms with Gasteiger partial charge in [-0.1, -0.05) is 35.6 Å². The summed E-state index contributed by atoms with van der Waals surface area (Å²) in [6.07, 6.45) is 3.36. The number of nitrogens with one attached hydrogen (secondary N) is 1. The average Bonchev–Trinajstić information content (AvgIpc) is 2.96. The maximum Gasteiger partial charge on any atom is 0.270 e. The van der Waals surface area contributed by atoms with Crippen LogP contribution in [0.5, 0.6) is 0 Å². The molecule has 0 amide bonds. The molecule has 4 rings (SSSR count). The molecule has 0 saturated heterocycles. The van der Waals surface area contributed by atoms with E-state index in [-0.39, 0.29) is 16.7 Å². The molecule has 5 nitrogen and oxygen atoms in total. The zero-order valence-electron chi connectivity index (χ0n) is 12.4. The van der Waals surface area contributed by atoms with E-state index in [2.05, 4.69) is 34.6 Å². The minimum absolute atomic E-state index is 0.107. The van der Waals surface area contributed by atoms with Crippen molar-refractivity contribution in [1.29, 1.82) is 0 Å². The average molecular weight is 325 g/mol. The summed E-state index contributed by atoms with van der Waals surface area (Å²) in [7, 11) is 0. The summed E-state index contributed by atoms with van der Waals surface area (Å²) >= 11 is 1.47. The van der Waals surface area contributed by atoms with Crippen LogP contribution >= 0.6 is 11.3 Å². The van der Waals surface area contributed by atoms with Crippen molar-refractivity contribution in [2.24, 2.45) is 0 Å². The number of aromatic nitrogens is 1. The smallest absolute Gasteiger partial charge is 0.270 e. The van der Waals surface area contributed by atoms with Gasteiger partial charge in [-0.15, -0.1) is 0 Å². The van der Waals surface area contributed by atoms with E-state index in [0.717, 1.165) is 34.6 Å². The highest BCUT2D eigenvalue weighted by molar-refractivity contribution is 7.22. The van der Waals surface area contributed by atoms with Crippen LogP contribution in [0.25, 0.3) is 10.2 Å². The third-order valence-electron chi connectivity index (χ3n) is 4.25. The van der Waals surface area contributed by atoms with Crippen molar-refractivity contribution < 1.29 is 4.92 Å². The van der Waals surface area contributed by atoms with E-state index in [0.29, 0.717) is 0 Å². The molecule has 0 saturated carbocycles. The van der Waals surface area contributed by atoms with Crippen LogP contribution in [0.2, 0.25) is 0 Å². The number of nitro benzene ring substituents is 1. The van der Waals surface area contributed by atoms with Crippen molar-refractivity contribution in [2.75, 3.05) is 5.32 Å². The van der Waals surface area contributed by atoms with Crippen LogP contribution in [0.15, 0.2) is 42.5 Å². The summed E-state index contributed by atoms with van der Waals surface area (Å²) in [4.78, 5) is 15.1. The molecule has 3 aromatic rings. The quantitative estimate of drug-likeness (QED) is 0.560. The monoisotopic (exact) mass is 325 g/mol. The Morgan fingerprint density at radius 1 is 1.26 bits per heavy atom. The highest BCUT2D eigenvalue weighted by atomic mass is 32.1. The fraction of sp³-hybridized carbons (Fsp3) is 0.235. The second-order valence-corrected chi connectivity index (χ2v) is 6.75. The number of fused-ring (bicyclic) bond motifs is 2. The first-order chi connectivity index (χ1) is 11.2. The second-order valence-electron chi connectivity index (χ2n) is 5.72. The number of non-ortho nitro benzene ring substituents is 1. The number of hydrogen-bond acceptors (Lipinski definition) is 5. The predicted molar refractivity (Wildman–Crippen MR) is 92.0 cm³/mol. The Morgan fingerprint density at radius 2 is 2.13 bits per heavy atom. The molecule has 116 valence electrons. The molecule has 2 aromatic carbocycles. The molecule has 0 spiro atoms. The van der Waals surface area contributed by atoms with Gasteiger partial charge in [0, 0.05) is 12.1 Å². The minimum Gasteiger partial charge on any atom is -0.355 e. The highest BCUT2D eigenvalue weighted by Crippen LogP contribution is 2.35. The summed E-state index contributed by atoms with van der Waals surface area (Å²) in [5, 5.41) is 15.2. The summed E-state index contributed by atoms with van der Waals surface area (Å²) in [5.41, 5.74) is 3.64. The number of anilines is 1. The third kappa shape index (κ3) is 2.66. The Labute approximate surface area is 137 Å². The molecular weight excluding hydrogens is 310 g/mol. The first-order valence-corrected chi connectivity index (χ1v) is 8.42. The summed E-state index contributed by atoms with van der Waals surface area (Å²) < 4.78 is 0.839. The number of aryl methyl sites for hydroxylation is 1. The molecule has 1 aromatic heterocycles. The summed E-state index contributed by atoms with van der Waals surface area (Å²) in [6.45, 7) is 0. The molecule has 0 aliphatic heterocycles. The van der Waals surface area contributed by atoms with Gasteiger partial charge in [0.05, 0.1) is 21.2 Å². The SMILES string of the molecule is O=[N+]([O-])c1ccc2nc(NC3CCCc4ccccc43)sc2c1. The van der Waals surface area contributed by atoms with Crippen LogP contribution in [0.3, 0.4) is 0 Å². The van der Waals surface area contributed by atoms with Crippen LogP contribution in [0.1, 0.15) is 30.0 Å². The highest BCUT2D eigenvalue weighted by Gasteiger charge is 2.21. The predicted octanol–water partition coefficient (Wildman–Crippen LogP) is 4.69. The Kier molecular flexibility index (Phi) is 3.46. The molecule has 1 unspecified atom stereocenters. The number of benzene rings is 2. The van der Waals surface area contributed by atoms with E-state index in [9.17, 15) is 10.1 Å². The lowest BCUT2D eigenvalue weighted by Crippen LogP contribution is -2.17. The van der Waals surface area contributed by atoms with Gasteiger partial charge in [0.1, 0.15) is 0 Å². The van der Waals surface area contributed by atoms with Crippen molar-refractivity contribution >= 4 is 32.4 Å². The van der Waals surface area contributed by atoms with Crippen molar-refractivity contribution in [3.05, 3.63) is 63.7 Å². The van der Waals surface area contributed by atoms with Crippen LogP contribution in [0.4, 0.5) is 10.8 Å². The molecule has 1 atom stereocenters. The normalized spacial score (nSPS) is 17.0. The topological polar surface area (TPSA) is 68.1 Å². The minimum atomic E-state index is -0.371. The van der Waals surface area contributed by atoms with Gasteiger partial charge in [-0.25, -0.2) is 4.98 Å². The van der Waals surface area contributed by atoms with Crippen molar-refractivity contribution in [3.8, 4) is 0 Å². The Hall–Kier alpha value is -2.47. The van der Waals surface area contributed by atoms with E-state index < -0.39 is 0 Å². The van der Waals surface area contributed by atoms with Gasteiger partial charge in [0.15, 0.2) is 5.13 Å². The van der Waals surface area contributed by atoms with E-state index in [1.807, 2.05) is 0 Å². The van der Waals surface area contributed by atoms with Crippen molar-refractivity contribution in [3.63, 3.8) is 0 Å². The van der Waals surface area contributed by atoms with E-state index in [1.54, 1.807) is 12.1 Å². The molecular formula is C17H15N3O2S. The third-order valence-corrected chi connectivity index (χ3v) is 5.20. The first kappa shape index (κ1) is 14.1. The molecule has 0 radical (unpaired) electrons. The number of nitrogens with zero attached hydrogens (tertiary/aromatic N) is 2.